The number of hydrogen-bond acceptors (Lipinski definition) is 7. The Hall–Kier alpha value is -2.47. The summed E-state index contributed by atoms with van der Waals surface area (Å²) in [4.78, 5) is 15.8. The number of hydrogen-bond donors (Lipinski definition) is 1. The first-order chi connectivity index (χ1) is 10.4. The highest BCUT2D eigenvalue weighted by atomic mass is 16.8. The van der Waals surface area contributed by atoms with Crippen molar-refractivity contribution >= 4 is 5.82 Å². The summed E-state index contributed by atoms with van der Waals surface area (Å²) in [5.74, 6) is 0.684. The predicted molar refractivity (Wildman–Crippen MR) is 77.4 cm³/mol. The van der Waals surface area contributed by atoms with E-state index in [4.69, 9.17) is 10.1 Å². The maximum atomic E-state index is 11.5. The normalized spacial score (nSPS) is 19.1. The molecule has 1 fully saturated rings. The monoisotopic (exact) mass is 305 g/mol. The van der Waals surface area contributed by atoms with Crippen LogP contribution in [0.2, 0.25) is 0 Å². The summed E-state index contributed by atoms with van der Waals surface area (Å²) in [5, 5.41) is 24.0. The van der Waals surface area contributed by atoms with Crippen LogP contribution in [0.15, 0.2) is 17.5 Å². The molecule has 2 heterocycles. The number of aromatic nitrogens is 2. The van der Waals surface area contributed by atoms with Crippen molar-refractivity contribution in [3.63, 3.8) is 0 Å². The van der Waals surface area contributed by atoms with Gasteiger partial charge in [-0.25, -0.2) is 14.8 Å². The molecule has 9 nitrogen and oxygen atoms in total. The first-order valence-corrected chi connectivity index (χ1v) is 6.96. The molecule has 0 amide bonds. The van der Waals surface area contributed by atoms with Crippen molar-refractivity contribution in [1.82, 2.24) is 15.6 Å². The second-order valence-corrected chi connectivity index (χ2v) is 5.98. The summed E-state index contributed by atoms with van der Waals surface area (Å²) < 4.78 is 0. The van der Waals surface area contributed by atoms with Gasteiger partial charge in [0.15, 0.2) is 5.69 Å². The Morgan fingerprint density at radius 1 is 1.50 bits per heavy atom. The second kappa shape index (κ2) is 6.53. The van der Waals surface area contributed by atoms with Crippen LogP contribution >= 0.6 is 0 Å². The Labute approximate surface area is 128 Å². The minimum absolute atomic E-state index is 0.149. The number of anilines is 1. The highest BCUT2D eigenvalue weighted by Crippen LogP contribution is 2.18. The SMILES string of the molecule is CC(C)(C)N=[N+]([O-])NO[C@@H]1CCN(c2cnc(C#N)cn2)C1. The van der Waals surface area contributed by atoms with Gasteiger partial charge in [0.2, 0.25) is 0 Å². The fourth-order valence-corrected chi connectivity index (χ4v) is 1.99. The summed E-state index contributed by atoms with van der Waals surface area (Å²) >= 11 is 0. The highest BCUT2D eigenvalue weighted by molar-refractivity contribution is 5.38. The third kappa shape index (κ3) is 4.53. The Morgan fingerprint density at radius 3 is 2.86 bits per heavy atom. The lowest BCUT2D eigenvalue weighted by atomic mass is 10.1. The van der Waals surface area contributed by atoms with Crippen molar-refractivity contribution in [3.8, 4) is 6.07 Å². The fraction of sp³-hybridized carbons (Fsp3) is 0.615. The van der Waals surface area contributed by atoms with E-state index in [1.54, 1.807) is 6.20 Å². The van der Waals surface area contributed by atoms with Crippen LogP contribution in [0, 0.1) is 16.5 Å². The van der Waals surface area contributed by atoms with E-state index < -0.39 is 5.54 Å². The molecular formula is C13H19N7O2. The van der Waals surface area contributed by atoms with E-state index in [9.17, 15) is 5.21 Å². The molecule has 0 spiro atoms. The van der Waals surface area contributed by atoms with E-state index >= 15 is 0 Å². The standard InChI is InChI=1S/C13H19N7O2/c1-13(2,3)17-20(21)18-22-11-4-5-19(9-11)12-8-15-10(6-14)7-16-12/h7-8,11H,4-5,9H2,1-3H3,(H,17,18)/t11-/m1/s1. The van der Waals surface area contributed by atoms with E-state index in [0.29, 0.717) is 17.3 Å². The van der Waals surface area contributed by atoms with Crippen LogP contribution in [-0.2, 0) is 4.84 Å². The average Bonchev–Trinajstić information content (AvgIpc) is 2.92. The molecule has 0 bridgehead atoms. The van der Waals surface area contributed by atoms with Crippen molar-refractivity contribution in [2.24, 2.45) is 5.11 Å². The van der Waals surface area contributed by atoms with Gasteiger partial charge in [-0.05, 0) is 32.8 Å². The van der Waals surface area contributed by atoms with Crippen LogP contribution in [0.3, 0.4) is 0 Å². The minimum Gasteiger partial charge on any atom is -0.570 e. The molecule has 0 radical (unpaired) electrons. The molecule has 118 valence electrons. The lowest BCUT2D eigenvalue weighted by Gasteiger charge is -2.16. The molecular weight excluding hydrogens is 286 g/mol. The molecule has 9 heteroatoms. The minimum atomic E-state index is -0.474. The van der Waals surface area contributed by atoms with Gasteiger partial charge in [0.05, 0.1) is 17.4 Å². The van der Waals surface area contributed by atoms with Crippen molar-refractivity contribution in [2.75, 3.05) is 18.0 Å². The number of hydrazine groups is 1. The van der Waals surface area contributed by atoms with Gasteiger partial charge in [-0.1, -0.05) is 0 Å². The van der Waals surface area contributed by atoms with Gasteiger partial charge in [-0.2, -0.15) is 5.26 Å². The van der Waals surface area contributed by atoms with Crippen LogP contribution in [0.1, 0.15) is 32.9 Å². The van der Waals surface area contributed by atoms with Crippen molar-refractivity contribution in [1.29, 1.82) is 5.26 Å². The summed E-state index contributed by atoms with van der Waals surface area (Å²) in [7, 11) is 0. The Morgan fingerprint density at radius 2 is 2.27 bits per heavy atom. The van der Waals surface area contributed by atoms with E-state index in [2.05, 4.69) is 20.7 Å². The van der Waals surface area contributed by atoms with Gasteiger partial charge in [0.25, 0.3) is 0 Å². The third-order valence-electron chi connectivity index (χ3n) is 2.91. The molecule has 1 N–H and O–H groups in total. The van der Waals surface area contributed by atoms with E-state index in [0.717, 1.165) is 13.0 Å². The molecule has 0 unspecified atom stereocenters. The summed E-state index contributed by atoms with van der Waals surface area (Å²) in [6, 6.07) is 1.93. The van der Waals surface area contributed by atoms with Gasteiger partial charge in [-0.15, -0.1) is 0 Å². The molecule has 1 saturated heterocycles. The molecule has 1 atom stereocenters. The van der Waals surface area contributed by atoms with Gasteiger partial charge in [0, 0.05) is 18.2 Å². The number of nitriles is 1. The molecule has 0 aliphatic carbocycles. The zero-order chi connectivity index (χ0) is 16.2. The fourth-order valence-electron chi connectivity index (χ4n) is 1.99. The van der Waals surface area contributed by atoms with Gasteiger partial charge in [0.1, 0.15) is 23.5 Å². The summed E-state index contributed by atoms with van der Waals surface area (Å²) in [6.45, 7) is 6.78. The van der Waals surface area contributed by atoms with E-state index in [1.165, 1.54) is 6.20 Å². The summed E-state index contributed by atoms with van der Waals surface area (Å²) in [6.07, 6.45) is 3.59. The molecule has 2 rings (SSSR count). The van der Waals surface area contributed by atoms with Crippen LogP contribution in [0.5, 0.6) is 0 Å². The molecule has 1 aromatic rings. The van der Waals surface area contributed by atoms with Crippen LogP contribution in [0.25, 0.3) is 0 Å². The first kappa shape index (κ1) is 15.9. The largest absolute Gasteiger partial charge is 0.570 e. The Bertz CT molecular complexity index is 574. The van der Waals surface area contributed by atoms with Crippen LogP contribution in [0.4, 0.5) is 5.82 Å². The Balaban J connectivity index is 1.85. The first-order valence-electron chi connectivity index (χ1n) is 6.96. The quantitative estimate of drug-likeness (QED) is 0.504. The van der Waals surface area contributed by atoms with Crippen LogP contribution in [-0.4, -0.2) is 39.7 Å². The highest BCUT2D eigenvalue weighted by Gasteiger charge is 2.26. The number of nitrogens with zero attached hydrogens (tertiary/aromatic N) is 6. The Kier molecular flexibility index (Phi) is 4.72. The lowest BCUT2D eigenvalue weighted by Crippen LogP contribution is -2.33. The zero-order valence-corrected chi connectivity index (χ0v) is 12.9. The van der Waals surface area contributed by atoms with E-state index in [1.807, 2.05) is 31.7 Å². The third-order valence-corrected chi connectivity index (χ3v) is 2.91. The van der Waals surface area contributed by atoms with Gasteiger partial charge >= 0.3 is 0 Å². The number of rotatable bonds is 4. The number of nitrogens with one attached hydrogen (secondary N) is 1. The molecule has 1 aliphatic heterocycles. The van der Waals surface area contributed by atoms with Crippen molar-refractivity contribution in [2.45, 2.75) is 38.8 Å². The molecule has 0 saturated carbocycles. The lowest BCUT2D eigenvalue weighted by molar-refractivity contribution is -0.652. The molecule has 22 heavy (non-hydrogen) atoms. The van der Waals surface area contributed by atoms with E-state index in [-0.39, 0.29) is 11.8 Å². The maximum absolute atomic E-state index is 11.5. The second-order valence-electron chi connectivity index (χ2n) is 5.98. The smallest absolute Gasteiger partial charge is 0.158 e. The zero-order valence-electron chi connectivity index (χ0n) is 12.9. The average molecular weight is 305 g/mol. The molecule has 1 aliphatic rings. The maximum Gasteiger partial charge on any atom is 0.158 e. The van der Waals surface area contributed by atoms with Crippen molar-refractivity contribution in [3.05, 3.63) is 23.3 Å². The van der Waals surface area contributed by atoms with Gasteiger partial charge < -0.3 is 10.1 Å². The van der Waals surface area contributed by atoms with Gasteiger partial charge in [-0.3, -0.25) is 0 Å². The summed E-state index contributed by atoms with van der Waals surface area (Å²) in [5.41, 5.74) is 2.08. The predicted octanol–water partition coefficient (Wildman–Crippen LogP) is 1.12. The molecule has 1 aromatic heterocycles. The molecule has 0 aromatic carbocycles. The van der Waals surface area contributed by atoms with Crippen LogP contribution < -0.4 is 10.5 Å². The van der Waals surface area contributed by atoms with Crippen molar-refractivity contribution < 1.29 is 9.81 Å². The topological polar surface area (TPSA) is 112 Å².